The fourth-order valence-corrected chi connectivity index (χ4v) is 2.31. The molecule has 0 unspecified atom stereocenters. The predicted molar refractivity (Wildman–Crippen MR) is 73.9 cm³/mol. The molecule has 0 aliphatic rings. The standard InChI is InChI=1S/C15H13N3O2/c1-10-12(9-11-5-3-2-4-6-11)14(15(19)20)17-13-7-8-16-18(10)13/h2-8H,9H2,1H3,(H,19,20). The number of aromatic carboxylic acids is 1. The molecule has 3 rings (SSSR count). The van der Waals surface area contributed by atoms with Crippen molar-refractivity contribution in [1.29, 1.82) is 0 Å². The summed E-state index contributed by atoms with van der Waals surface area (Å²) in [5.41, 5.74) is 3.20. The van der Waals surface area contributed by atoms with Gasteiger partial charge in [0, 0.05) is 23.7 Å². The molecule has 0 atom stereocenters. The first kappa shape index (κ1) is 12.3. The van der Waals surface area contributed by atoms with E-state index in [4.69, 9.17) is 0 Å². The maximum absolute atomic E-state index is 11.4. The van der Waals surface area contributed by atoms with Gasteiger partial charge >= 0.3 is 5.97 Å². The Labute approximate surface area is 115 Å². The van der Waals surface area contributed by atoms with Gasteiger partial charge in [-0.25, -0.2) is 14.3 Å². The van der Waals surface area contributed by atoms with E-state index in [1.165, 1.54) is 0 Å². The molecule has 0 amide bonds. The van der Waals surface area contributed by atoms with E-state index >= 15 is 0 Å². The zero-order valence-electron chi connectivity index (χ0n) is 10.9. The Morgan fingerprint density at radius 2 is 2.00 bits per heavy atom. The molecular formula is C15H13N3O2. The molecular weight excluding hydrogens is 254 g/mol. The average molecular weight is 267 g/mol. The van der Waals surface area contributed by atoms with Crippen molar-refractivity contribution < 1.29 is 9.90 Å². The Morgan fingerprint density at radius 1 is 1.25 bits per heavy atom. The van der Waals surface area contributed by atoms with Crippen molar-refractivity contribution in [3.05, 3.63) is 65.1 Å². The first-order valence-electron chi connectivity index (χ1n) is 6.27. The maximum Gasteiger partial charge on any atom is 0.354 e. The summed E-state index contributed by atoms with van der Waals surface area (Å²) in [5, 5.41) is 13.6. The zero-order chi connectivity index (χ0) is 14.1. The molecule has 1 N–H and O–H groups in total. The Bertz CT molecular complexity index is 778. The second-order valence-electron chi connectivity index (χ2n) is 4.59. The summed E-state index contributed by atoms with van der Waals surface area (Å²) in [7, 11) is 0. The zero-order valence-corrected chi connectivity index (χ0v) is 10.9. The first-order valence-corrected chi connectivity index (χ1v) is 6.27. The predicted octanol–water partition coefficient (Wildman–Crippen LogP) is 2.33. The number of carboxylic acids is 1. The minimum absolute atomic E-state index is 0.0966. The SMILES string of the molecule is Cc1c(Cc2ccccc2)c(C(=O)O)nc2ccnn12. The van der Waals surface area contributed by atoms with E-state index in [2.05, 4.69) is 10.1 Å². The number of hydrogen-bond acceptors (Lipinski definition) is 3. The van der Waals surface area contributed by atoms with Gasteiger partial charge < -0.3 is 5.11 Å². The third-order valence-electron chi connectivity index (χ3n) is 3.32. The molecule has 0 fully saturated rings. The monoisotopic (exact) mass is 267 g/mol. The molecule has 0 spiro atoms. The highest BCUT2D eigenvalue weighted by atomic mass is 16.4. The van der Waals surface area contributed by atoms with Crippen LogP contribution in [0.3, 0.4) is 0 Å². The highest BCUT2D eigenvalue weighted by Crippen LogP contribution is 2.18. The van der Waals surface area contributed by atoms with Crippen molar-refractivity contribution in [3.8, 4) is 0 Å². The van der Waals surface area contributed by atoms with Crippen molar-refractivity contribution in [2.24, 2.45) is 0 Å². The summed E-state index contributed by atoms with van der Waals surface area (Å²) >= 11 is 0. The minimum Gasteiger partial charge on any atom is -0.476 e. The van der Waals surface area contributed by atoms with Gasteiger partial charge in [-0.1, -0.05) is 30.3 Å². The van der Waals surface area contributed by atoms with Crippen molar-refractivity contribution in [2.75, 3.05) is 0 Å². The highest BCUT2D eigenvalue weighted by molar-refractivity contribution is 5.88. The Morgan fingerprint density at radius 3 is 2.70 bits per heavy atom. The molecule has 0 aliphatic heterocycles. The summed E-state index contributed by atoms with van der Waals surface area (Å²) < 4.78 is 1.67. The molecule has 0 bridgehead atoms. The largest absolute Gasteiger partial charge is 0.476 e. The number of aryl methyl sites for hydroxylation is 1. The lowest BCUT2D eigenvalue weighted by Crippen LogP contribution is -2.12. The summed E-state index contributed by atoms with van der Waals surface area (Å²) in [6, 6.07) is 11.4. The second-order valence-corrected chi connectivity index (χ2v) is 4.59. The molecule has 0 radical (unpaired) electrons. The van der Waals surface area contributed by atoms with Gasteiger partial charge in [-0.15, -0.1) is 0 Å². The van der Waals surface area contributed by atoms with Gasteiger partial charge in [-0.05, 0) is 12.5 Å². The molecule has 0 saturated heterocycles. The van der Waals surface area contributed by atoms with Gasteiger partial charge in [-0.3, -0.25) is 0 Å². The molecule has 1 aromatic carbocycles. The normalized spacial score (nSPS) is 10.8. The van der Waals surface area contributed by atoms with Crippen molar-refractivity contribution >= 4 is 11.6 Å². The van der Waals surface area contributed by atoms with Crippen LogP contribution in [-0.4, -0.2) is 25.7 Å². The summed E-state index contributed by atoms with van der Waals surface area (Å²) in [6.07, 6.45) is 2.14. The van der Waals surface area contributed by atoms with Gasteiger partial charge in [0.25, 0.3) is 0 Å². The van der Waals surface area contributed by atoms with Crippen LogP contribution in [0.25, 0.3) is 5.65 Å². The Hall–Kier alpha value is -2.69. The van der Waals surface area contributed by atoms with Crippen LogP contribution in [0.4, 0.5) is 0 Å². The number of carbonyl (C=O) groups is 1. The Balaban J connectivity index is 2.19. The van der Waals surface area contributed by atoms with E-state index in [-0.39, 0.29) is 5.69 Å². The van der Waals surface area contributed by atoms with Crippen LogP contribution in [0.2, 0.25) is 0 Å². The topological polar surface area (TPSA) is 67.5 Å². The van der Waals surface area contributed by atoms with Gasteiger partial charge in [0.15, 0.2) is 11.3 Å². The second kappa shape index (κ2) is 4.77. The van der Waals surface area contributed by atoms with Gasteiger partial charge in [0.2, 0.25) is 0 Å². The summed E-state index contributed by atoms with van der Waals surface area (Å²) in [5.74, 6) is -1.01. The number of aromatic nitrogens is 3. The lowest BCUT2D eigenvalue weighted by Gasteiger charge is -2.11. The average Bonchev–Trinajstić information content (AvgIpc) is 2.91. The third kappa shape index (κ3) is 2.03. The van der Waals surface area contributed by atoms with Crippen LogP contribution in [0, 0.1) is 6.92 Å². The minimum atomic E-state index is -1.01. The van der Waals surface area contributed by atoms with E-state index in [9.17, 15) is 9.90 Å². The lowest BCUT2D eigenvalue weighted by molar-refractivity contribution is 0.0689. The van der Waals surface area contributed by atoms with Crippen molar-refractivity contribution in [1.82, 2.24) is 14.6 Å². The molecule has 5 nitrogen and oxygen atoms in total. The first-order chi connectivity index (χ1) is 9.66. The molecule has 100 valence electrons. The molecule has 2 aromatic heterocycles. The number of fused-ring (bicyclic) bond motifs is 1. The van der Waals surface area contributed by atoms with Crippen LogP contribution >= 0.6 is 0 Å². The quantitative estimate of drug-likeness (QED) is 0.790. The molecule has 0 aliphatic carbocycles. The third-order valence-corrected chi connectivity index (χ3v) is 3.32. The molecule has 5 heteroatoms. The maximum atomic E-state index is 11.4. The highest BCUT2D eigenvalue weighted by Gasteiger charge is 2.18. The van der Waals surface area contributed by atoms with Crippen molar-refractivity contribution in [3.63, 3.8) is 0 Å². The summed E-state index contributed by atoms with van der Waals surface area (Å²) in [4.78, 5) is 15.6. The fourth-order valence-electron chi connectivity index (χ4n) is 2.31. The van der Waals surface area contributed by atoms with E-state index in [0.29, 0.717) is 17.6 Å². The van der Waals surface area contributed by atoms with Crippen LogP contribution < -0.4 is 0 Å². The van der Waals surface area contributed by atoms with E-state index < -0.39 is 5.97 Å². The molecule has 3 aromatic rings. The van der Waals surface area contributed by atoms with Crippen LogP contribution in [0.1, 0.15) is 27.3 Å². The number of benzene rings is 1. The van der Waals surface area contributed by atoms with Gasteiger partial charge in [0.1, 0.15) is 0 Å². The molecule has 0 saturated carbocycles. The van der Waals surface area contributed by atoms with E-state index in [1.54, 1.807) is 16.8 Å². The van der Waals surface area contributed by atoms with E-state index in [1.807, 2.05) is 37.3 Å². The van der Waals surface area contributed by atoms with Crippen LogP contribution in [-0.2, 0) is 6.42 Å². The number of hydrogen-bond donors (Lipinski definition) is 1. The number of carboxylic acid groups (broad SMARTS) is 1. The van der Waals surface area contributed by atoms with Gasteiger partial charge in [-0.2, -0.15) is 5.10 Å². The molecule has 2 heterocycles. The lowest BCUT2D eigenvalue weighted by atomic mass is 10.0. The summed E-state index contributed by atoms with van der Waals surface area (Å²) in [6.45, 7) is 1.87. The van der Waals surface area contributed by atoms with Crippen LogP contribution in [0.5, 0.6) is 0 Å². The number of nitrogens with zero attached hydrogens (tertiary/aromatic N) is 3. The Kier molecular flexibility index (Phi) is 2.95. The number of rotatable bonds is 3. The smallest absolute Gasteiger partial charge is 0.354 e. The van der Waals surface area contributed by atoms with Gasteiger partial charge in [0.05, 0.1) is 6.20 Å². The van der Waals surface area contributed by atoms with E-state index in [0.717, 1.165) is 11.3 Å². The van der Waals surface area contributed by atoms with Crippen LogP contribution in [0.15, 0.2) is 42.6 Å². The molecule has 20 heavy (non-hydrogen) atoms. The van der Waals surface area contributed by atoms with Crippen molar-refractivity contribution in [2.45, 2.75) is 13.3 Å². The fraction of sp³-hybridized carbons (Fsp3) is 0.133.